The molecule has 0 amide bonds. The molecule has 0 aliphatic carbocycles. The Morgan fingerprint density at radius 3 is 2.68 bits per heavy atom. The maximum atomic E-state index is 6.11. The number of halogens is 3. The molecule has 1 N–H and O–H groups in total. The topological polar surface area (TPSA) is 47.0 Å². The van der Waals surface area contributed by atoms with Gasteiger partial charge in [0, 0.05) is 9.50 Å². The number of rotatable bonds is 3. The zero-order valence-corrected chi connectivity index (χ0v) is 13.3. The van der Waals surface area contributed by atoms with Gasteiger partial charge in [0.05, 0.1) is 12.8 Å². The van der Waals surface area contributed by atoms with E-state index < -0.39 is 0 Å². The first-order valence-corrected chi connectivity index (χ1v) is 6.85. The van der Waals surface area contributed by atoms with E-state index in [1.54, 1.807) is 6.07 Å². The number of nitrogens with one attached hydrogen (secondary N) is 1. The van der Waals surface area contributed by atoms with Gasteiger partial charge in [0.15, 0.2) is 16.7 Å². The van der Waals surface area contributed by atoms with Crippen molar-refractivity contribution in [2.24, 2.45) is 0 Å². The number of nitrogens with zero attached hydrogens (tertiary/aromatic N) is 2. The van der Waals surface area contributed by atoms with Gasteiger partial charge in [-0.15, -0.1) is 0 Å². The van der Waals surface area contributed by atoms with Crippen molar-refractivity contribution in [3.05, 3.63) is 38.7 Å². The summed E-state index contributed by atoms with van der Waals surface area (Å²) in [7, 11) is 1.51. The van der Waals surface area contributed by atoms with Crippen LogP contribution in [0.2, 0.25) is 10.2 Å². The third-order valence-corrected chi connectivity index (χ3v) is 3.80. The quantitative estimate of drug-likeness (QED) is 0.810. The van der Waals surface area contributed by atoms with E-state index in [1.165, 1.54) is 13.4 Å². The summed E-state index contributed by atoms with van der Waals surface area (Å²) in [5.41, 5.74) is 1.75. The molecule has 100 valence electrons. The predicted octanol–water partition coefficient (Wildman–Crippen LogP) is 4.61. The maximum absolute atomic E-state index is 6.11. The van der Waals surface area contributed by atoms with E-state index in [-0.39, 0.29) is 5.15 Å². The Hall–Kier alpha value is -1.04. The second-order valence-electron chi connectivity index (χ2n) is 3.75. The molecule has 0 spiro atoms. The molecule has 0 aliphatic heterocycles. The lowest BCUT2D eigenvalue weighted by molar-refractivity contribution is 0.413. The summed E-state index contributed by atoms with van der Waals surface area (Å²) in [5, 5.41) is 4.01. The summed E-state index contributed by atoms with van der Waals surface area (Å²) < 4.78 is 6.04. The molecule has 0 fully saturated rings. The minimum Gasteiger partial charge on any atom is -0.490 e. The van der Waals surface area contributed by atoms with Gasteiger partial charge in [-0.05, 0) is 40.5 Å². The lowest BCUT2D eigenvalue weighted by Crippen LogP contribution is -2.00. The van der Waals surface area contributed by atoms with Crippen molar-refractivity contribution in [1.82, 2.24) is 9.97 Å². The van der Waals surface area contributed by atoms with Crippen LogP contribution < -0.4 is 10.1 Å². The molecule has 0 radical (unpaired) electrons. The van der Waals surface area contributed by atoms with E-state index in [1.807, 2.05) is 13.0 Å². The molecular weight excluding hydrogens is 353 g/mol. The Bertz CT molecular complexity index is 622. The molecule has 4 nitrogen and oxygen atoms in total. The molecule has 0 saturated carbocycles. The number of aryl methyl sites for hydroxylation is 1. The highest BCUT2D eigenvalue weighted by atomic mass is 79.9. The van der Waals surface area contributed by atoms with Gasteiger partial charge in [-0.25, -0.2) is 9.97 Å². The molecule has 0 aliphatic rings. The summed E-state index contributed by atoms with van der Waals surface area (Å²) in [4.78, 5) is 7.96. The molecule has 1 heterocycles. The van der Waals surface area contributed by atoms with Gasteiger partial charge in [0.25, 0.3) is 0 Å². The van der Waals surface area contributed by atoms with Crippen molar-refractivity contribution in [3.63, 3.8) is 0 Å². The lowest BCUT2D eigenvalue weighted by atomic mass is 10.2. The highest BCUT2D eigenvalue weighted by Crippen LogP contribution is 2.35. The van der Waals surface area contributed by atoms with Crippen LogP contribution in [0.25, 0.3) is 0 Å². The van der Waals surface area contributed by atoms with E-state index in [2.05, 4.69) is 31.2 Å². The van der Waals surface area contributed by atoms with E-state index >= 15 is 0 Å². The number of hydrogen-bond donors (Lipinski definition) is 1. The monoisotopic (exact) mass is 361 g/mol. The number of ether oxygens (including phenoxy) is 1. The smallest absolute Gasteiger partial charge is 0.199 e. The standard InChI is InChI=1S/C12H10BrCl2N3O/c1-6-3-7(13)9(4-8(6)14)18-12-10(19-2)11(15)16-5-17-12/h3-5H,1-2H3,(H,16,17,18). The Labute approximate surface area is 129 Å². The van der Waals surface area contributed by atoms with Gasteiger partial charge in [0.2, 0.25) is 0 Å². The van der Waals surface area contributed by atoms with Crippen LogP contribution in [0.3, 0.4) is 0 Å². The van der Waals surface area contributed by atoms with Crippen molar-refractivity contribution in [2.75, 3.05) is 12.4 Å². The molecule has 19 heavy (non-hydrogen) atoms. The Morgan fingerprint density at radius 2 is 2.00 bits per heavy atom. The Kier molecular flexibility index (Phi) is 4.50. The predicted molar refractivity (Wildman–Crippen MR) is 80.8 cm³/mol. The number of hydrogen-bond acceptors (Lipinski definition) is 4. The molecule has 2 aromatic rings. The first-order valence-electron chi connectivity index (χ1n) is 5.30. The van der Waals surface area contributed by atoms with Crippen LogP contribution in [0.1, 0.15) is 5.56 Å². The van der Waals surface area contributed by atoms with Crippen LogP contribution in [0.5, 0.6) is 5.75 Å². The van der Waals surface area contributed by atoms with Gasteiger partial charge < -0.3 is 10.1 Å². The van der Waals surface area contributed by atoms with E-state index in [4.69, 9.17) is 27.9 Å². The number of methoxy groups -OCH3 is 1. The normalized spacial score (nSPS) is 10.4. The van der Waals surface area contributed by atoms with Crippen molar-refractivity contribution in [3.8, 4) is 5.75 Å². The van der Waals surface area contributed by atoms with Crippen molar-refractivity contribution >= 4 is 50.6 Å². The number of aromatic nitrogens is 2. The SMILES string of the molecule is COc1c(Cl)ncnc1Nc1cc(Cl)c(C)cc1Br. The number of anilines is 2. The zero-order chi connectivity index (χ0) is 14.0. The first-order chi connectivity index (χ1) is 9.02. The van der Waals surface area contributed by atoms with Crippen LogP contribution in [0.15, 0.2) is 22.9 Å². The van der Waals surface area contributed by atoms with Gasteiger partial charge in [-0.3, -0.25) is 0 Å². The van der Waals surface area contributed by atoms with E-state index in [0.717, 1.165) is 15.7 Å². The molecule has 0 bridgehead atoms. The minimum atomic E-state index is 0.245. The second-order valence-corrected chi connectivity index (χ2v) is 5.37. The molecule has 7 heteroatoms. The van der Waals surface area contributed by atoms with Crippen LogP contribution in [-0.2, 0) is 0 Å². The third-order valence-electron chi connectivity index (χ3n) is 2.47. The highest BCUT2D eigenvalue weighted by molar-refractivity contribution is 9.10. The third kappa shape index (κ3) is 3.11. The molecular formula is C12H10BrCl2N3O. The van der Waals surface area contributed by atoms with Crippen LogP contribution in [0.4, 0.5) is 11.5 Å². The van der Waals surface area contributed by atoms with Crippen molar-refractivity contribution in [2.45, 2.75) is 6.92 Å². The zero-order valence-electron chi connectivity index (χ0n) is 10.2. The molecule has 1 aromatic carbocycles. The van der Waals surface area contributed by atoms with Gasteiger partial charge in [0.1, 0.15) is 6.33 Å². The first kappa shape index (κ1) is 14.4. The van der Waals surface area contributed by atoms with E-state index in [0.29, 0.717) is 16.6 Å². The summed E-state index contributed by atoms with van der Waals surface area (Å²) in [6.07, 6.45) is 1.36. The van der Waals surface area contributed by atoms with Gasteiger partial charge >= 0.3 is 0 Å². The molecule has 1 aromatic heterocycles. The molecule has 0 atom stereocenters. The fourth-order valence-corrected chi connectivity index (χ4v) is 2.42. The Balaban J connectivity index is 2.42. The largest absolute Gasteiger partial charge is 0.490 e. The minimum absolute atomic E-state index is 0.245. The summed E-state index contributed by atoms with van der Waals surface area (Å²) in [6, 6.07) is 3.72. The van der Waals surface area contributed by atoms with Crippen LogP contribution in [0, 0.1) is 6.92 Å². The van der Waals surface area contributed by atoms with Gasteiger partial charge in [-0.2, -0.15) is 0 Å². The van der Waals surface area contributed by atoms with E-state index in [9.17, 15) is 0 Å². The summed E-state index contributed by atoms with van der Waals surface area (Å²) in [5.74, 6) is 0.857. The highest BCUT2D eigenvalue weighted by Gasteiger charge is 2.12. The Morgan fingerprint density at radius 1 is 1.26 bits per heavy atom. The average molecular weight is 363 g/mol. The fraction of sp³-hybridized carbons (Fsp3) is 0.167. The molecule has 0 saturated heterocycles. The van der Waals surface area contributed by atoms with Gasteiger partial charge in [-0.1, -0.05) is 23.2 Å². The number of benzene rings is 1. The summed E-state index contributed by atoms with van der Waals surface area (Å²) >= 11 is 15.5. The average Bonchev–Trinajstić information content (AvgIpc) is 2.36. The lowest BCUT2D eigenvalue weighted by Gasteiger charge is -2.12. The maximum Gasteiger partial charge on any atom is 0.199 e. The molecule has 0 unspecified atom stereocenters. The van der Waals surface area contributed by atoms with Crippen LogP contribution >= 0.6 is 39.1 Å². The van der Waals surface area contributed by atoms with Crippen molar-refractivity contribution < 1.29 is 4.74 Å². The second kappa shape index (κ2) is 5.94. The van der Waals surface area contributed by atoms with Crippen LogP contribution in [-0.4, -0.2) is 17.1 Å². The summed E-state index contributed by atoms with van der Waals surface area (Å²) in [6.45, 7) is 1.93. The molecule has 2 rings (SSSR count). The van der Waals surface area contributed by atoms with Crippen molar-refractivity contribution in [1.29, 1.82) is 0 Å². The fourth-order valence-electron chi connectivity index (χ4n) is 1.49.